The second-order valence-electron chi connectivity index (χ2n) is 6.44. The smallest absolute Gasteiger partial charge is 0.284 e. The molecule has 1 N–H and O–H groups in total. The molecule has 7 heteroatoms. The third-order valence-corrected chi connectivity index (χ3v) is 5.44. The fraction of sp³-hybridized carbons (Fsp3) is 0.474. The number of hydrogen-bond donors (Lipinski definition) is 1. The molecular weight excluding hydrogens is 363 g/mol. The van der Waals surface area contributed by atoms with E-state index in [1.54, 1.807) is 6.07 Å². The normalized spacial score (nSPS) is 16.9. The molecule has 1 aliphatic heterocycles. The fourth-order valence-electron chi connectivity index (χ4n) is 3.30. The lowest BCUT2D eigenvalue weighted by Gasteiger charge is -2.38. The SMILES string of the molecule is Fc1ccc(C2(CNCc3ccc(CSC(F)F)o3)CCOCC2)cc1. The van der Waals surface area contributed by atoms with Gasteiger partial charge in [-0.3, -0.25) is 0 Å². The summed E-state index contributed by atoms with van der Waals surface area (Å²) in [6.45, 7) is 2.58. The van der Waals surface area contributed by atoms with E-state index in [0.29, 0.717) is 43.8 Å². The summed E-state index contributed by atoms with van der Waals surface area (Å²) in [4.78, 5) is 0. The average Bonchev–Trinajstić information content (AvgIpc) is 3.09. The average molecular weight is 385 g/mol. The highest BCUT2D eigenvalue weighted by atomic mass is 32.2. The fourth-order valence-corrected chi connectivity index (χ4v) is 3.74. The van der Waals surface area contributed by atoms with Gasteiger partial charge in [0.15, 0.2) is 0 Å². The number of halogens is 3. The number of rotatable bonds is 8. The van der Waals surface area contributed by atoms with Gasteiger partial charge >= 0.3 is 0 Å². The third kappa shape index (κ3) is 5.05. The van der Waals surface area contributed by atoms with Crippen LogP contribution in [0.3, 0.4) is 0 Å². The molecule has 0 aliphatic carbocycles. The molecule has 1 saturated heterocycles. The summed E-state index contributed by atoms with van der Waals surface area (Å²) in [6, 6.07) is 10.2. The third-order valence-electron chi connectivity index (χ3n) is 4.74. The summed E-state index contributed by atoms with van der Waals surface area (Å²) in [5.41, 5.74) is 0.996. The van der Waals surface area contributed by atoms with Crippen LogP contribution in [0.15, 0.2) is 40.8 Å². The van der Waals surface area contributed by atoms with Crippen molar-refractivity contribution in [2.24, 2.45) is 0 Å². The van der Waals surface area contributed by atoms with E-state index in [0.717, 1.165) is 24.2 Å². The van der Waals surface area contributed by atoms with Crippen LogP contribution < -0.4 is 5.32 Å². The van der Waals surface area contributed by atoms with Gasteiger partial charge in [-0.2, -0.15) is 8.78 Å². The Balaban J connectivity index is 1.59. The highest BCUT2D eigenvalue weighted by Crippen LogP contribution is 2.34. The van der Waals surface area contributed by atoms with Crippen molar-refractivity contribution < 1.29 is 22.3 Å². The Hall–Kier alpha value is -1.44. The Labute approximate surface area is 155 Å². The molecule has 3 rings (SSSR count). The van der Waals surface area contributed by atoms with Crippen LogP contribution in [0.25, 0.3) is 0 Å². The van der Waals surface area contributed by atoms with Crippen LogP contribution in [-0.2, 0) is 22.4 Å². The number of furan rings is 1. The topological polar surface area (TPSA) is 34.4 Å². The molecule has 0 atom stereocenters. The van der Waals surface area contributed by atoms with Gasteiger partial charge in [0.2, 0.25) is 0 Å². The van der Waals surface area contributed by atoms with E-state index in [2.05, 4.69) is 5.32 Å². The first-order valence-electron chi connectivity index (χ1n) is 8.59. The predicted octanol–water partition coefficient (Wildman–Crippen LogP) is 4.71. The Morgan fingerprint density at radius 2 is 1.73 bits per heavy atom. The van der Waals surface area contributed by atoms with Crippen molar-refractivity contribution in [1.82, 2.24) is 5.32 Å². The molecule has 0 bridgehead atoms. The maximum absolute atomic E-state index is 13.3. The van der Waals surface area contributed by atoms with Crippen molar-refractivity contribution in [3.8, 4) is 0 Å². The maximum atomic E-state index is 13.3. The van der Waals surface area contributed by atoms with Crippen LogP contribution in [0.4, 0.5) is 13.2 Å². The van der Waals surface area contributed by atoms with E-state index in [1.165, 1.54) is 12.1 Å². The first-order chi connectivity index (χ1) is 12.6. The first-order valence-corrected chi connectivity index (χ1v) is 9.64. The minimum absolute atomic E-state index is 0.104. The van der Waals surface area contributed by atoms with Crippen LogP contribution in [0.1, 0.15) is 29.9 Å². The molecule has 0 saturated carbocycles. The number of thioether (sulfide) groups is 1. The van der Waals surface area contributed by atoms with E-state index in [1.807, 2.05) is 18.2 Å². The van der Waals surface area contributed by atoms with Crippen molar-refractivity contribution in [3.05, 3.63) is 59.3 Å². The predicted molar refractivity (Wildman–Crippen MR) is 95.8 cm³/mol. The van der Waals surface area contributed by atoms with Gasteiger partial charge in [-0.1, -0.05) is 23.9 Å². The molecule has 26 heavy (non-hydrogen) atoms. The number of benzene rings is 1. The Morgan fingerprint density at radius 3 is 2.42 bits per heavy atom. The van der Waals surface area contributed by atoms with E-state index < -0.39 is 5.76 Å². The van der Waals surface area contributed by atoms with Crippen molar-refractivity contribution in [1.29, 1.82) is 0 Å². The molecule has 142 valence electrons. The Morgan fingerprint density at radius 1 is 1.04 bits per heavy atom. The summed E-state index contributed by atoms with van der Waals surface area (Å²) in [5, 5.41) is 3.41. The summed E-state index contributed by atoms with van der Waals surface area (Å²) in [5.74, 6) is -1.21. The number of alkyl halides is 2. The van der Waals surface area contributed by atoms with Gasteiger partial charge in [0.1, 0.15) is 17.3 Å². The molecule has 1 fully saturated rings. The van der Waals surface area contributed by atoms with Gasteiger partial charge in [0.05, 0.1) is 12.3 Å². The first kappa shape index (κ1) is 19.3. The highest BCUT2D eigenvalue weighted by molar-refractivity contribution is 7.98. The van der Waals surface area contributed by atoms with Gasteiger partial charge < -0.3 is 14.5 Å². The summed E-state index contributed by atoms with van der Waals surface area (Å²) < 4.78 is 48.8. The molecule has 0 amide bonds. The minimum Gasteiger partial charge on any atom is -0.464 e. The van der Waals surface area contributed by atoms with Crippen LogP contribution in [0.5, 0.6) is 0 Å². The lowest BCUT2D eigenvalue weighted by atomic mass is 9.74. The Bertz CT molecular complexity index is 684. The number of nitrogens with one attached hydrogen (secondary N) is 1. The van der Waals surface area contributed by atoms with E-state index in [-0.39, 0.29) is 17.0 Å². The van der Waals surface area contributed by atoms with Crippen molar-refractivity contribution >= 4 is 11.8 Å². The van der Waals surface area contributed by atoms with E-state index >= 15 is 0 Å². The number of ether oxygens (including phenoxy) is 1. The molecule has 3 nitrogen and oxygen atoms in total. The lowest BCUT2D eigenvalue weighted by Crippen LogP contribution is -2.42. The molecule has 1 aromatic heterocycles. The molecule has 0 unspecified atom stereocenters. The van der Waals surface area contributed by atoms with Crippen LogP contribution in [0, 0.1) is 5.82 Å². The van der Waals surface area contributed by atoms with Crippen molar-refractivity contribution in [2.75, 3.05) is 19.8 Å². The molecule has 1 aromatic carbocycles. The Kier molecular flexibility index (Phi) is 6.67. The quantitative estimate of drug-likeness (QED) is 0.714. The standard InChI is InChI=1S/C19H22F3NO2S/c20-15-3-1-14(2-4-15)19(7-9-24-10-8-19)13-23-11-16-5-6-17(25-16)12-26-18(21)22/h1-6,18,23H,7-13H2. The molecule has 0 spiro atoms. The monoisotopic (exact) mass is 385 g/mol. The summed E-state index contributed by atoms with van der Waals surface area (Å²) in [7, 11) is 0. The highest BCUT2D eigenvalue weighted by Gasteiger charge is 2.34. The van der Waals surface area contributed by atoms with Gasteiger partial charge in [-0.25, -0.2) is 4.39 Å². The van der Waals surface area contributed by atoms with E-state index in [9.17, 15) is 13.2 Å². The molecular formula is C19H22F3NO2S. The second kappa shape index (κ2) is 8.97. The molecule has 0 radical (unpaired) electrons. The van der Waals surface area contributed by atoms with Crippen molar-refractivity contribution in [3.63, 3.8) is 0 Å². The van der Waals surface area contributed by atoms with Gasteiger partial charge in [0, 0.05) is 25.2 Å². The lowest BCUT2D eigenvalue weighted by molar-refractivity contribution is 0.0496. The van der Waals surface area contributed by atoms with Gasteiger partial charge in [-0.05, 0) is 42.7 Å². The van der Waals surface area contributed by atoms with Crippen LogP contribution in [-0.4, -0.2) is 25.5 Å². The summed E-state index contributed by atoms with van der Waals surface area (Å²) >= 11 is 0.550. The molecule has 1 aliphatic rings. The summed E-state index contributed by atoms with van der Waals surface area (Å²) in [6.07, 6.45) is 1.72. The zero-order valence-corrected chi connectivity index (χ0v) is 15.2. The second-order valence-corrected chi connectivity index (χ2v) is 7.42. The van der Waals surface area contributed by atoms with Crippen molar-refractivity contribution in [2.45, 2.75) is 36.3 Å². The van der Waals surface area contributed by atoms with Crippen LogP contribution >= 0.6 is 11.8 Å². The maximum Gasteiger partial charge on any atom is 0.284 e. The molecule has 2 aromatic rings. The van der Waals surface area contributed by atoms with Gasteiger partial charge in [-0.15, -0.1) is 0 Å². The largest absolute Gasteiger partial charge is 0.464 e. The molecule has 2 heterocycles. The van der Waals surface area contributed by atoms with Gasteiger partial charge in [0.25, 0.3) is 5.76 Å². The van der Waals surface area contributed by atoms with E-state index in [4.69, 9.17) is 9.15 Å². The zero-order chi connectivity index (χ0) is 18.4. The van der Waals surface area contributed by atoms with Crippen LogP contribution in [0.2, 0.25) is 0 Å². The zero-order valence-electron chi connectivity index (χ0n) is 14.3. The minimum atomic E-state index is -2.40. The number of hydrogen-bond acceptors (Lipinski definition) is 4.